The van der Waals surface area contributed by atoms with Gasteiger partial charge in [0.15, 0.2) is 18.3 Å². The van der Waals surface area contributed by atoms with Crippen LogP contribution in [-0.4, -0.2) is 86.0 Å². The molecule has 0 aromatic carbocycles. The molecule has 0 fully saturated rings. The molecular formula is C20H25F3N2O11. The van der Waals surface area contributed by atoms with Crippen molar-refractivity contribution in [2.75, 3.05) is 13.7 Å². The number of methoxy groups -OCH3 is 1. The fourth-order valence-corrected chi connectivity index (χ4v) is 3.14. The van der Waals surface area contributed by atoms with E-state index in [1.54, 1.807) is 5.32 Å². The Kier molecular flexibility index (Phi) is 10.7. The summed E-state index contributed by atoms with van der Waals surface area (Å²) in [5, 5.41) is 3.88. The number of halogens is 3. The minimum absolute atomic E-state index is 0.634. The van der Waals surface area contributed by atoms with Crippen molar-refractivity contribution in [2.24, 2.45) is 0 Å². The van der Waals surface area contributed by atoms with E-state index in [0.29, 0.717) is 0 Å². The summed E-state index contributed by atoms with van der Waals surface area (Å²) in [4.78, 5) is 70.6. The van der Waals surface area contributed by atoms with Gasteiger partial charge in [-0.05, 0) is 6.08 Å². The van der Waals surface area contributed by atoms with E-state index in [-0.39, 0.29) is 0 Å². The first kappa shape index (κ1) is 30.2. The van der Waals surface area contributed by atoms with Crippen LogP contribution in [0.4, 0.5) is 13.2 Å². The maximum Gasteiger partial charge on any atom is 0.471 e. The van der Waals surface area contributed by atoms with Crippen LogP contribution in [0.15, 0.2) is 11.8 Å². The lowest BCUT2D eigenvalue weighted by Gasteiger charge is -2.42. The van der Waals surface area contributed by atoms with E-state index < -0.39 is 84.6 Å². The fourth-order valence-electron chi connectivity index (χ4n) is 3.14. The van der Waals surface area contributed by atoms with Crippen LogP contribution < -0.4 is 10.6 Å². The van der Waals surface area contributed by atoms with Gasteiger partial charge in [-0.1, -0.05) is 0 Å². The van der Waals surface area contributed by atoms with Crippen LogP contribution in [0.5, 0.6) is 0 Å². The molecule has 0 radical (unpaired) electrons. The van der Waals surface area contributed by atoms with E-state index in [1.165, 1.54) is 0 Å². The Bertz CT molecular complexity index is 919. The molecule has 1 aliphatic heterocycles. The Morgan fingerprint density at radius 2 is 1.56 bits per heavy atom. The van der Waals surface area contributed by atoms with Crippen LogP contribution in [0, 0.1) is 0 Å². The monoisotopic (exact) mass is 526 g/mol. The minimum atomic E-state index is -5.39. The molecule has 1 heterocycles. The molecule has 0 bridgehead atoms. The fraction of sp³-hybridized carbons (Fsp3) is 0.600. The molecule has 0 aromatic heterocycles. The Morgan fingerprint density at radius 1 is 0.972 bits per heavy atom. The highest BCUT2D eigenvalue weighted by Gasteiger charge is 2.51. The maximum absolute atomic E-state index is 13.1. The zero-order chi connectivity index (χ0) is 27.8. The number of carbonyl (C=O) groups excluding carboxylic acids is 6. The first-order valence-electron chi connectivity index (χ1n) is 10.2. The van der Waals surface area contributed by atoms with Gasteiger partial charge in [-0.25, -0.2) is 4.79 Å². The summed E-state index contributed by atoms with van der Waals surface area (Å²) in [7, 11) is 0.957. The van der Waals surface area contributed by atoms with Gasteiger partial charge in [-0.3, -0.25) is 24.0 Å². The molecule has 13 nitrogen and oxygen atoms in total. The highest BCUT2D eigenvalue weighted by Crippen LogP contribution is 2.28. The molecule has 0 aliphatic carbocycles. The van der Waals surface area contributed by atoms with Gasteiger partial charge in [-0.15, -0.1) is 0 Å². The Hall–Kier alpha value is -3.85. The van der Waals surface area contributed by atoms with Crippen molar-refractivity contribution in [3.05, 3.63) is 11.8 Å². The third-order valence-corrected chi connectivity index (χ3v) is 4.41. The third kappa shape index (κ3) is 9.07. The number of carbonyl (C=O) groups is 6. The summed E-state index contributed by atoms with van der Waals surface area (Å²) in [5.41, 5.74) is 0. The molecule has 36 heavy (non-hydrogen) atoms. The third-order valence-electron chi connectivity index (χ3n) is 4.41. The molecule has 16 heteroatoms. The van der Waals surface area contributed by atoms with Gasteiger partial charge in [0.25, 0.3) is 0 Å². The average Bonchev–Trinajstić information content (AvgIpc) is 2.73. The van der Waals surface area contributed by atoms with Crippen molar-refractivity contribution < 1.29 is 65.6 Å². The average molecular weight is 526 g/mol. The van der Waals surface area contributed by atoms with Gasteiger partial charge < -0.3 is 34.3 Å². The maximum atomic E-state index is 13.1. The second-order valence-corrected chi connectivity index (χ2v) is 7.35. The van der Waals surface area contributed by atoms with Crippen LogP contribution in [-0.2, 0) is 52.5 Å². The second kappa shape index (κ2) is 12.7. The van der Waals surface area contributed by atoms with Crippen molar-refractivity contribution in [1.82, 2.24) is 10.6 Å². The van der Waals surface area contributed by atoms with Gasteiger partial charge in [0.2, 0.25) is 11.7 Å². The predicted molar refractivity (Wildman–Crippen MR) is 108 cm³/mol. The largest absolute Gasteiger partial charge is 0.477 e. The van der Waals surface area contributed by atoms with Crippen molar-refractivity contribution >= 4 is 35.7 Å². The van der Waals surface area contributed by atoms with Crippen molar-refractivity contribution in [1.29, 1.82) is 0 Å². The summed E-state index contributed by atoms with van der Waals surface area (Å²) in [6, 6.07) is -3.39. The molecule has 0 unspecified atom stereocenters. The first-order chi connectivity index (χ1) is 16.6. The number of hydrogen-bond donors (Lipinski definition) is 2. The lowest BCUT2D eigenvalue weighted by atomic mass is 9.91. The molecule has 202 valence electrons. The van der Waals surface area contributed by atoms with Crippen molar-refractivity contribution in [2.45, 2.75) is 64.3 Å². The molecule has 2 N–H and O–H groups in total. The van der Waals surface area contributed by atoms with Gasteiger partial charge in [0, 0.05) is 27.7 Å². The number of esters is 4. The second-order valence-electron chi connectivity index (χ2n) is 7.35. The van der Waals surface area contributed by atoms with Crippen LogP contribution in [0.25, 0.3) is 0 Å². The SMILES string of the molecule is COC(=O)C1=C[C@@H](NC(C)=O)[C@@H](NC(=O)C(F)(F)F)[C@H]([C@H](OC(C)=O)[C@@H](COC(C)=O)OC(C)=O)O1. The summed E-state index contributed by atoms with van der Waals surface area (Å²) in [5.74, 6) is -7.89. The molecule has 2 amide bonds. The molecule has 5 atom stereocenters. The summed E-state index contributed by atoms with van der Waals surface area (Å²) < 4.78 is 64.3. The molecule has 0 aromatic rings. The van der Waals surface area contributed by atoms with E-state index >= 15 is 0 Å². The van der Waals surface area contributed by atoms with Crippen LogP contribution in [0.1, 0.15) is 27.7 Å². The predicted octanol–water partition coefficient (Wildman–Crippen LogP) is -0.580. The van der Waals surface area contributed by atoms with Crippen LogP contribution in [0.2, 0.25) is 0 Å². The summed E-state index contributed by atoms with van der Waals surface area (Å²) >= 11 is 0. The molecule has 1 aliphatic rings. The minimum Gasteiger partial charge on any atom is -0.477 e. The normalized spacial score (nSPS) is 20.9. The summed E-state index contributed by atoms with van der Waals surface area (Å²) in [6.45, 7) is 3.09. The number of nitrogens with one attached hydrogen (secondary N) is 2. The lowest BCUT2D eigenvalue weighted by molar-refractivity contribution is -0.191. The molecule has 0 saturated carbocycles. The van der Waals surface area contributed by atoms with E-state index in [1.807, 2.05) is 0 Å². The van der Waals surface area contributed by atoms with Crippen LogP contribution in [0.3, 0.4) is 0 Å². The zero-order valence-corrected chi connectivity index (χ0v) is 19.8. The highest BCUT2D eigenvalue weighted by molar-refractivity contribution is 5.87. The first-order valence-corrected chi connectivity index (χ1v) is 10.2. The number of ether oxygens (including phenoxy) is 5. The number of amides is 2. The van der Waals surface area contributed by atoms with Gasteiger partial charge in [0.1, 0.15) is 6.61 Å². The Balaban J connectivity index is 3.70. The van der Waals surface area contributed by atoms with Gasteiger partial charge >= 0.3 is 36.0 Å². The van der Waals surface area contributed by atoms with Crippen molar-refractivity contribution in [3.63, 3.8) is 0 Å². The van der Waals surface area contributed by atoms with E-state index in [2.05, 4.69) is 10.1 Å². The molecule has 0 saturated heterocycles. The standard InChI is InChI=1S/C20H25F3N2O11/c1-8(26)24-12-6-13(18(30)32-5)36-17(15(12)25-19(31)20(21,22)23)16(35-11(4)29)14(34-10(3)28)7-33-9(2)27/h6,12,14-17H,7H2,1-5H3,(H,24,26)(H,25,31)/t12-,14-,15-,16-,17-/m1/s1. The Labute approximate surface area is 202 Å². The molecular weight excluding hydrogens is 501 g/mol. The van der Waals surface area contributed by atoms with Crippen molar-refractivity contribution in [3.8, 4) is 0 Å². The lowest BCUT2D eigenvalue weighted by Crippen LogP contribution is -2.65. The van der Waals surface area contributed by atoms with Gasteiger partial charge in [-0.2, -0.15) is 13.2 Å². The molecule has 1 rings (SSSR count). The van der Waals surface area contributed by atoms with E-state index in [9.17, 15) is 41.9 Å². The number of rotatable bonds is 9. The topological polar surface area (TPSA) is 173 Å². The quantitative estimate of drug-likeness (QED) is 0.291. The number of alkyl halides is 3. The number of hydrogen-bond acceptors (Lipinski definition) is 11. The smallest absolute Gasteiger partial charge is 0.471 e. The summed E-state index contributed by atoms with van der Waals surface area (Å²) in [6.07, 6.45) is -9.96. The van der Waals surface area contributed by atoms with E-state index in [0.717, 1.165) is 40.9 Å². The molecule has 0 spiro atoms. The van der Waals surface area contributed by atoms with E-state index in [4.69, 9.17) is 18.9 Å². The van der Waals surface area contributed by atoms with Crippen LogP contribution >= 0.6 is 0 Å². The highest BCUT2D eigenvalue weighted by atomic mass is 19.4. The van der Waals surface area contributed by atoms with Gasteiger partial charge in [0.05, 0.1) is 19.2 Å². The Morgan fingerprint density at radius 3 is 2.00 bits per heavy atom. The zero-order valence-electron chi connectivity index (χ0n) is 19.8.